The van der Waals surface area contributed by atoms with Crippen molar-refractivity contribution in [3.05, 3.63) is 89.7 Å². The first-order valence-electron chi connectivity index (χ1n) is 9.04. The molecule has 0 aliphatic rings. The molecule has 150 valence electrons. The minimum atomic E-state index is -1.13. The van der Waals surface area contributed by atoms with Crippen LogP contribution in [0.4, 0.5) is 0 Å². The maximum atomic E-state index is 11.6. The van der Waals surface area contributed by atoms with Crippen LogP contribution in [0, 0.1) is 18.3 Å². The molecule has 6 heteroatoms. The molecular weight excluding hydrogens is 382 g/mol. The van der Waals surface area contributed by atoms with Gasteiger partial charge in [-0.25, -0.2) is 4.79 Å². The fourth-order valence-electron chi connectivity index (χ4n) is 2.85. The largest absolute Gasteiger partial charge is 0.503 e. The van der Waals surface area contributed by atoms with E-state index in [1.165, 1.54) is 7.11 Å². The van der Waals surface area contributed by atoms with Crippen molar-refractivity contribution in [3.8, 4) is 29.1 Å². The Morgan fingerprint density at radius 1 is 0.967 bits per heavy atom. The van der Waals surface area contributed by atoms with Gasteiger partial charge in [0.1, 0.15) is 34.6 Å². The van der Waals surface area contributed by atoms with Crippen molar-refractivity contribution >= 4 is 11.5 Å². The van der Waals surface area contributed by atoms with Crippen LogP contribution in [0.15, 0.2) is 73.0 Å². The van der Waals surface area contributed by atoms with Crippen LogP contribution in [0.5, 0.6) is 23.0 Å². The summed E-state index contributed by atoms with van der Waals surface area (Å²) in [6.07, 6.45) is 1.16. The Morgan fingerprint density at radius 3 is 2.27 bits per heavy atom. The van der Waals surface area contributed by atoms with Crippen molar-refractivity contribution in [1.82, 2.24) is 0 Å². The Bertz CT molecular complexity index is 1140. The topological polar surface area (TPSA) is 88.8 Å². The van der Waals surface area contributed by atoms with Crippen LogP contribution in [0.1, 0.15) is 16.7 Å². The van der Waals surface area contributed by atoms with Gasteiger partial charge in [0.25, 0.3) is 0 Å². The number of para-hydroxylation sites is 1. The van der Waals surface area contributed by atoms with Crippen molar-refractivity contribution < 1.29 is 24.1 Å². The molecule has 0 spiro atoms. The minimum Gasteiger partial charge on any atom is -0.503 e. The zero-order valence-electron chi connectivity index (χ0n) is 16.5. The van der Waals surface area contributed by atoms with Gasteiger partial charge in [0.15, 0.2) is 0 Å². The number of carboxylic acids is 1. The summed E-state index contributed by atoms with van der Waals surface area (Å²) in [4.78, 5) is 11.6. The Balaban J connectivity index is 1.91. The van der Waals surface area contributed by atoms with E-state index in [9.17, 15) is 15.2 Å². The van der Waals surface area contributed by atoms with Crippen LogP contribution in [-0.2, 0) is 9.53 Å². The van der Waals surface area contributed by atoms with Gasteiger partial charge in [0.2, 0.25) is 0 Å². The molecule has 0 radical (unpaired) electrons. The molecule has 0 atom stereocenters. The standard InChI is InChI=1S/C24H19NO5/c1-16-7-5-12-23(20(16)14-25)30-18-9-6-8-17(13-18)29-22-11-4-3-10-19(22)21(15-28-2)24(26)27/h3-13,15H,1-2H3,(H,26,27)/b21-15+. The molecule has 0 fully saturated rings. The summed E-state index contributed by atoms with van der Waals surface area (Å²) in [6, 6.07) is 21.2. The molecule has 3 rings (SSSR count). The summed E-state index contributed by atoms with van der Waals surface area (Å²) in [7, 11) is 1.38. The number of rotatable bonds is 7. The van der Waals surface area contributed by atoms with Crippen LogP contribution in [0.2, 0.25) is 0 Å². The number of ether oxygens (including phenoxy) is 3. The average Bonchev–Trinajstić information content (AvgIpc) is 2.73. The summed E-state index contributed by atoms with van der Waals surface area (Å²) in [5.74, 6) is 0.611. The van der Waals surface area contributed by atoms with Gasteiger partial charge in [-0.3, -0.25) is 0 Å². The maximum Gasteiger partial charge on any atom is 0.339 e. The number of nitriles is 1. The third-order valence-electron chi connectivity index (χ3n) is 4.25. The summed E-state index contributed by atoms with van der Waals surface area (Å²) in [6.45, 7) is 1.84. The van der Waals surface area contributed by atoms with Gasteiger partial charge in [-0.15, -0.1) is 0 Å². The highest BCUT2D eigenvalue weighted by Crippen LogP contribution is 2.34. The fraction of sp³-hybridized carbons (Fsp3) is 0.0833. The number of hydrogen-bond acceptors (Lipinski definition) is 5. The zero-order chi connectivity index (χ0) is 21.5. The average molecular weight is 401 g/mol. The minimum absolute atomic E-state index is 0.0288. The van der Waals surface area contributed by atoms with E-state index < -0.39 is 5.97 Å². The molecule has 1 N–H and O–H groups in total. The maximum absolute atomic E-state index is 11.6. The van der Waals surface area contributed by atoms with E-state index in [-0.39, 0.29) is 5.57 Å². The molecule has 0 saturated heterocycles. The van der Waals surface area contributed by atoms with Gasteiger partial charge in [0.05, 0.1) is 18.9 Å². The molecule has 0 aromatic heterocycles. The van der Waals surface area contributed by atoms with E-state index in [2.05, 4.69) is 6.07 Å². The number of carbonyl (C=O) groups is 1. The Hall–Kier alpha value is -4.24. The van der Waals surface area contributed by atoms with Crippen molar-refractivity contribution in [1.29, 1.82) is 5.26 Å². The summed E-state index contributed by atoms with van der Waals surface area (Å²) < 4.78 is 16.7. The van der Waals surface area contributed by atoms with Crippen molar-refractivity contribution in [2.24, 2.45) is 0 Å². The molecule has 0 amide bonds. The third-order valence-corrected chi connectivity index (χ3v) is 4.25. The predicted octanol–water partition coefficient (Wildman–Crippen LogP) is 5.52. The lowest BCUT2D eigenvalue weighted by molar-refractivity contribution is -0.130. The molecule has 6 nitrogen and oxygen atoms in total. The van der Waals surface area contributed by atoms with E-state index in [1.54, 1.807) is 54.6 Å². The second-order valence-corrected chi connectivity index (χ2v) is 6.31. The first kappa shape index (κ1) is 20.5. The summed E-state index contributed by atoms with van der Waals surface area (Å²) >= 11 is 0. The highest BCUT2D eigenvalue weighted by molar-refractivity contribution is 6.15. The normalized spacial score (nSPS) is 10.8. The lowest BCUT2D eigenvalue weighted by atomic mass is 10.1. The molecule has 30 heavy (non-hydrogen) atoms. The smallest absolute Gasteiger partial charge is 0.339 e. The third kappa shape index (κ3) is 4.59. The zero-order valence-corrected chi connectivity index (χ0v) is 16.5. The van der Waals surface area contributed by atoms with Crippen LogP contribution < -0.4 is 9.47 Å². The highest BCUT2D eigenvalue weighted by atomic mass is 16.5. The van der Waals surface area contributed by atoms with Gasteiger partial charge < -0.3 is 19.3 Å². The molecule has 0 bridgehead atoms. The van der Waals surface area contributed by atoms with E-state index in [0.717, 1.165) is 11.8 Å². The highest BCUT2D eigenvalue weighted by Gasteiger charge is 2.17. The van der Waals surface area contributed by atoms with Crippen LogP contribution in [-0.4, -0.2) is 18.2 Å². The molecular formula is C24H19NO5. The molecule has 0 heterocycles. The van der Waals surface area contributed by atoms with Crippen LogP contribution in [0.3, 0.4) is 0 Å². The number of hydrogen-bond donors (Lipinski definition) is 1. The van der Waals surface area contributed by atoms with Crippen molar-refractivity contribution in [2.75, 3.05) is 7.11 Å². The lowest BCUT2D eigenvalue weighted by Crippen LogP contribution is -2.02. The number of carboxylic acid groups (broad SMARTS) is 1. The Morgan fingerprint density at radius 2 is 1.60 bits per heavy atom. The van der Waals surface area contributed by atoms with Crippen molar-refractivity contribution in [3.63, 3.8) is 0 Å². The number of nitrogens with zero attached hydrogens (tertiary/aromatic N) is 1. The molecule has 0 saturated carbocycles. The van der Waals surface area contributed by atoms with Gasteiger partial charge in [-0.05, 0) is 36.8 Å². The van der Waals surface area contributed by atoms with E-state index in [1.807, 2.05) is 19.1 Å². The number of aliphatic carboxylic acids is 1. The Labute approximate surface area is 174 Å². The van der Waals surface area contributed by atoms with Gasteiger partial charge in [0, 0.05) is 11.6 Å². The monoisotopic (exact) mass is 401 g/mol. The van der Waals surface area contributed by atoms with E-state index in [4.69, 9.17) is 14.2 Å². The van der Waals surface area contributed by atoms with E-state index >= 15 is 0 Å². The number of aryl methyl sites for hydroxylation is 1. The van der Waals surface area contributed by atoms with Crippen LogP contribution in [0.25, 0.3) is 5.57 Å². The van der Waals surface area contributed by atoms with Gasteiger partial charge in [-0.2, -0.15) is 5.26 Å². The second kappa shape index (κ2) is 9.30. The first-order valence-corrected chi connectivity index (χ1v) is 9.04. The van der Waals surface area contributed by atoms with Gasteiger partial charge >= 0.3 is 5.97 Å². The molecule has 0 aliphatic carbocycles. The predicted molar refractivity (Wildman–Crippen MR) is 112 cm³/mol. The SMILES string of the molecule is CO/C=C(/C(=O)O)c1ccccc1Oc1cccc(Oc2cccc(C)c2C#N)c1. The quantitative estimate of drug-likeness (QED) is 0.414. The number of benzene rings is 3. The molecule has 3 aromatic carbocycles. The van der Waals surface area contributed by atoms with Crippen molar-refractivity contribution in [2.45, 2.75) is 6.92 Å². The second-order valence-electron chi connectivity index (χ2n) is 6.31. The molecule has 3 aromatic rings. The summed E-state index contributed by atoms with van der Waals surface area (Å²) in [5, 5.41) is 18.9. The van der Waals surface area contributed by atoms with Gasteiger partial charge in [-0.1, -0.05) is 36.4 Å². The molecule has 0 aliphatic heterocycles. The molecule has 0 unspecified atom stereocenters. The summed E-state index contributed by atoms with van der Waals surface area (Å²) in [5.41, 5.74) is 1.63. The fourth-order valence-corrected chi connectivity index (χ4v) is 2.85. The number of methoxy groups -OCH3 is 1. The first-order chi connectivity index (χ1) is 14.5. The van der Waals surface area contributed by atoms with Crippen LogP contribution >= 0.6 is 0 Å². The van der Waals surface area contributed by atoms with E-state index in [0.29, 0.717) is 34.1 Å². The lowest BCUT2D eigenvalue weighted by Gasteiger charge is -2.13. The Kier molecular flexibility index (Phi) is 6.36.